The second kappa shape index (κ2) is 10.6. The van der Waals surface area contributed by atoms with Crippen molar-refractivity contribution in [3.63, 3.8) is 0 Å². The predicted octanol–water partition coefficient (Wildman–Crippen LogP) is 3.69. The largest absolute Gasteiger partial charge is 0.490 e. The van der Waals surface area contributed by atoms with Crippen molar-refractivity contribution in [1.82, 2.24) is 20.1 Å². The molecule has 0 unspecified atom stereocenters. The van der Waals surface area contributed by atoms with Crippen molar-refractivity contribution in [2.75, 3.05) is 13.1 Å². The number of aromatic amines is 1. The van der Waals surface area contributed by atoms with Crippen LogP contribution in [0.1, 0.15) is 16.8 Å². The zero-order valence-electron chi connectivity index (χ0n) is 17.9. The second-order valence-electron chi connectivity index (χ2n) is 7.48. The number of amides is 1. The van der Waals surface area contributed by atoms with Crippen LogP contribution in [0, 0.1) is 17.5 Å². The van der Waals surface area contributed by atoms with Gasteiger partial charge in [-0.15, -0.1) is 0 Å². The van der Waals surface area contributed by atoms with Gasteiger partial charge in [0.05, 0.1) is 12.1 Å². The summed E-state index contributed by atoms with van der Waals surface area (Å²) in [6.07, 6.45) is -0.994. The van der Waals surface area contributed by atoms with Crippen molar-refractivity contribution in [1.29, 1.82) is 0 Å². The summed E-state index contributed by atoms with van der Waals surface area (Å²) in [5, 5.41) is 14.5. The lowest BCUT2D eigenvalue weighted by Crippen LogP contribution is -2.35. The Kier molecular flexibility index (Phi) is 7.77. The quantitative estimate of drug-likeness (QED) is 0.535. The van der Waals surface area contributed by atoms with Crippen LogP contribution in [0.3, 0.4) is 0 Å². The smallest absolute Gasteiger partial charge is 0.475 e. The van der Waals surface area contributed by atoms with Gasteiger partial charge < -0.3 is 10.0 Å². The van der Waals surface area contributed by atoms with Crippen LogP contribution in [0.4, 0.5) is 26.3 Å². The molecule has 0 atom stereocenters. The molecule has 0 spiro atoms. The third-order valence-electron chi connectivity index (χ3n) is 5.18. The van der Waals surface area contributed by atoms with Gasteiger partial charge in [0.25, 0.3) is 0 Å². The van der Waals surface area contributed by atoms with Crippen LogP contribution in [-0.2, 0) is 28.9 Å². The van der Waals surface area contributed by atoms with E-state index in [1.54, 1.807) is 17.3 Å². The second-order valence-corrected chi connectivity index (χ2v) is 7.48. The van der Waals surface area contributed by atoms with Crippen LogP contribution in [-0.4, -0.2) is 56.3 Å². The SMILES string of the molecule is O=C(Cc1c(F)cc(F)cc1F)N1CCc2[nH]nc(-c3cccnc3)c2CC1.O=C(O)C(F)(F)F. The average Bonchev–Trinajstić information content (AvgIpc) is 3.07. The summed E-state index contributed by atoms with van der Waals surface area (Å²) in [6, 6.07) is 4.92. The van der Waals surface area contributed by atoms with Gasteiger partial charge >= 0.3 is 12.1 Å². The van der Waals surface area contributed by atoms with Gasteiger partial charge in [0, 0.05) is 66.4 Å². The molecule has 0 radical (unpaired) electrons. The summed E-state index contributed by atoms with van der Waals surface area (Å²) in [4.78, 5) is 27.2. The lowest BCUT2D eigenvalue weighted by molar-refractivity contribution is -0.192. The Bertz CT molecular complexity index is 1190. The first kappa shape index (κ1) is 25.7. The van der Waals surface area contributed by atoms with E-state index >= 15 is 0 Å². The molecule has 0 saturated carbocycles. The Morgan fingerprint density at radius 1 is 1.09 bits per heavy atom. The van der Waals surface area contributed by atoms with E-state index in [0.29, 0.717) is 38.1 Å². The summed E-state index contributed by atoms with van der Waals surface area (Å²) >= 11 is 0. The maximum atomic E-state index is 13.9. The molecule has 1 aliphatic heterocycles. The number of carbonyl (C=O) groups is 2. The van der Waals surface area contributed by atoms with Crippen molar-refractivity contribution in [3.05, 3.63) is 70.9 Å². The van der Waals surface area contributed by atoms with Crippen molar-refractivity contribution in [3.8, 4) is 11.3 Å². The normalized spacial score (nSPS) is 13.4. The summed E-state index contributed by atoms with van der Waals surface area (Å²) in [5.74, 6) is -6.25. The van der Waals surface area contributed by atoms with Gasteiger partial charge in [0.15, 0.2) is 0 Å². The van der Waals surface area contributed by atoms with E-state index in [1.165, 1.54) is 0 Å². The maximum Gasteiger partial charge on any atom is 0.490 e. The number of aromatic nitrogens is 3. The molecule has 0 fully saturated rings. The van der Waals surface area contributed by atoms with E-state index in [4.69, 9.17) is 9.90 Å². The van der Waals surface area contributed by atoms with E-state index in [1.807, 2.05) is 12.1 Å². The van der Waals surface area contributed by atoms with E-state index < -0.39 is 47.5 Å². The number of aliphatic carboxylic acids is 1. The zero-order valence-corrected chi connectivity index (χ0v) is 17.9. The number of H-pyrrole nitrogens is 1. The first-order chi connectivity index (χ1) is 16.5. The van der Waals surface area contributed by atoms with E-state index in [9.17, 15) is 31.1 Å². The van der Waals surface area contributed by atoms with E-state index in [-0.39, 0.29) is 0 Å². The van der Waals surface area contributed by atoms with Crippen LogP contribution >= 0.6 is 0 Å². The maximum absolute atomic E-state index is 13.9. The number of nitrogens with zero attached hydrogens (tertiary/aromatic N) is 3. The van der Waals surface area contributed by atoms with Crippen LogP contribution < -0.4 is 0 Å². The highest BCUT2D eigenvalue weighted by Crippen LogP contribution is 2.26. The van der Waals surface area contributed by atoms with Gasteiger partial charge in [-0.05, 0) is 18.6 Å². The molecule has 186 valence electrons. The van der Waals surface area contributed by atoms with Crippen LogP contribution in [0.15, 0.2) is 36.7 Å². The standard InChI is InChI=1S/C20H17F3N4O.C2HF3O2/c21-13-8-16(22)15(17(23)9-13)10-19(28)27-6-3-14-18(4-7-27)25-26-20(14)12-2-1-5-24-11-12;3-2(4,5)1(6)7/h1-2,5,8-9,11H,3-4,6-7,10H2,(H,25,26);(H,6,7). The van der Waals surface area contributed by atoms with Crippen LogP contribution in [0.25, 0.3) is 11.3 Å². The molecule has 0 aliphatic carbocycles. The van der Waals surface area contributed by atoms with Crippen molar-refractivity contribution >= 4 is 11.9 Å². The van der Waals surface area contributed by atoms with Gasteiger partial charge in [-0.25, -0.2) is 18.0 Å². The molecule has 7 nitrogen and oxygen atoms in total. The third-order valence-corrected chi connectivity index (χ3v) is 5.18. The number of halogens is 6. The predicted molar refractivity (Wildman–Crippen MR) is 110 cm³/mol. The summed E-state index contributed by atoms with van der Waals surface area (Å²) in [7, 11) is 0. The van der Waals surface area contributed by atoms with Gasteiger partial charge in [0.2, 0.25) is 5.91 Å². The highest BCUT2D eigenvalue weighted by Gasteiger charge is 2.38. The minimum atomic E-state index is -5.08. The molecule has 3 heterocycles. The highest BCUT2D eigenvalue weighted by atomic mass is 19.4. The number of rotatable bonds is 3. The molecule has 0 bridgehead atoms. The lowest BCUT2D eigenvalue weighted by Gasteiger charge is -2.20. The number of pyridine rings is 1. The molecule has 4 rings (SSSR count). The van der Waals surface area contributed by atoms with Crippen molar-refractivity contribution < 1.29 is 41.0 Å². The van der Waals surface area contributed by atoms with Gasteiger partial charge in [-0.2, -0.15) is 18.3 Å². The fourth-order valence-corrected chi connectivity index (χ4v) is 3.48. The molecule has 3 aromatic rings. The number of hydrogen-bond donors (Lipinski definition) is 2. The molecule has 1 aliphatic rings. The Hall–Kier alpha value is -3.90. The van der Waals surface area contributed by atoms with Crippen LogP contribution in [0.2, 0.25) is 0 Å². The molecule has 35 heavy (non-hydrogen) atoms. The number of benzene rings is 1. The molecular weight excluding hydrogens is 482 g/mol. The van der Waals surface area contributed by atoms with Gasteiger partial charge in [-0.1, -0.05) is 0 Å². The Morgan fingerprint density at radius 2 is 1.71 bits per heavy atom. The number of alkyl halides is 3. The molecule has 2 N–H and O–H groups in total. The lowest BCUT2D eigenvalue weighted by atomic mass is 10.0. The summed E-state index contributed by atoms with van der Waals surface area (Å²) in [5.41, 5.74) is 3.23. The van der Waals surface area contributed by atoms with Gasteiger partial charge in [0.1, 0.15) is 17.5 Å². The minimum absolute atomic E-state index is 0.398. The number of carboxylic acid groups (broad SMARTS) is 1. The highest BCUT2D eigenvalue weighted by molar-refractivity contribution is 5.79. The number of hydrogen-bond acceptors (Lipinski definition) is 4. The van der Waals surface area contributed by atoms with E-state index in [2.05, 4.69) is 15.2 Å². The summed E-state index contributed by atoms with van der Waals surface area (Å²) in [6.45, 7) is 0.813. The number of nitrogens with one attached hydrogen (secondary N) is 1. The molecule has 0 saturated heterocycles. The minimum Gasteiger partial charge on any atom is -0.475 e. The monoisotopic (exact) mass is 500 g/mol. The third kappa shape index (κ3) is 6.37. The molecular formula is C22H18F6N4O3. The fourth-order valence-electron chi connectivity index (χ4n) is 3.48. The van der Waals surface area contributed by atoms with E-state index in [0.717, 1.165) is 22.5 Å². The molecule has 2 aromatic heterocycles. The Balaban J connectivity index is 0.000000429. The van der Waals surface area contributed by atoms with Crippen molar-refractivity contribution in [2.24, 2.45) is 0 Å². The average molecular weight is 500 g/mol. The van der Waals surface area contributed by atoms with Gasteiger partial charge in [-0.3, -0.25) is 14.9 Å². The molecule has 13 heteroatoms. The Morgan fingerprint density at radius 3 is 2.29 bits per heavy atom. The number of carbonyl (C=O) groups excluding carboxylic acids is 1. The number of carboxylic acids is 1. The summed E-state index contributed by atoms with van der Waals surface area (Å²) < 4.78 is 72.5. The Labute approximate surface area is 194 Å². The first-order valence-corrected chi connectivity index (χ1v) is 10.1. The van der Waals surface area contributed by atoms with Crippen LogP contribution in [0.5, 0.6) is 0 Å². The number of fused-ring (bicyclic) bond motifs is 1. The zero-order chi connectivity index (χ0) is 25.8. The topological polar surface area (TPSA) is 99.2 Å². The molecule has 1 amide bonds. The first-order valence-electron chi connectivity index (χ1n) is 10.1. The molecule has 1 aromatic carbocycles. The fraction of sp³-hybridized carbons (Fsp3) is 0.273. The van der Waals surface area contributed by atoms with Crippen molar-refractivity contribution in [2.45, 2.75) is 25.4 Å².